The van der Waals surface area contributed by atoms with Crippen molar-refractivity contribution in [1.82, 2.24) is 0 Å². The number of rotatable bonds is 2. The van der Waals surface area contributed by atoms with Gasteiger partial charge in [-0.15, -0.1) is 0 Å². The van der Waals surface area contributed by atoms with Crippen LogP contribution in [0.15, 0.2) is 12.2 Å². The number of hydrogen-bond acceptors (Lipinski definition) is 3. The quantitative estimate of drug-likeness (QED) is 0.262. The number of nitrogens with zero attached hydrogens (tertiary/aromatic N) is 1. The van der Waals surface area contributed by atoms with Gasteiger partial charge in [-0.1, -0.05) is 12.2 Å². The van der Waals surface area contributed by atoms with Crippen molar-refractivity contribution in [3.05, 3.63) is 22.3 Å². The summed E-state index contributed by atoms with van der Waals surface area (Å²) in [6.07, 6.45) is 5.33. The molecular formula is C8H9NO3. The first-order chi connectivity index (χ1) is 5.74. The molecule has 0 saturated heterocycles. The molecule has 0 radical (unpaired) electrons. The van der Waals surface area contributed by atoms with Crippen LogP contribution in [0.25, 0.3) is 0 Å². The molecule has 0 aromatic heterocycles. The fourth-order valence-corrected chi connectivity index (χ4v) is 2.31. The number of carbonyl (C=O) groups excluding carboxylic acids is 1. The van der Waals surface area contributed by atoms with Gasteiger partial charge in [0.25, 0.3) is 0 Å². The van der Waals surface area contributed by atoms with E-state index in [1.54, 1.807) is 0 Å². The topological polar surface area (TPSA) is 60.2 Å². The van der Waals surface area contributed by atoms with Crippen LogP contribution in [0.5, 0.6) is 0 Å². The van der Waals surface area contributed by atoms with Crippen molar-refractivity contribution in [3.8, 4) is 0 Å². The van der Waals surface area contributed by atoms with Crippen LogP contribution in [0, 0.1) is 27.9 Å². The summed E-state index contributed by atoms with van der Waals surface area (Å²) < 4.78 is 0. The summed E-state index contributed by atoms with van der Waals surface area (Å²) in [5.74, 6) is -0.252. The SMILES string of the molecule is O=CC1C2C=CC(C2)C1[N+](=O)[O-]. The largest absolute Gasteiger partial charge is 0.303 e. The van der Waals surface area contributed by atoms with E-state index in [1.807, 2.05) is 12.2 Å². The van der Waals surface area contributed by atoms with Gasteiger partial charge in [-0.2, -0.15) is 0 Å². The van der Waals surface area contributed by atoms with Crippen LogP contribution in [-0.4, -0.2) is 17.3 Å². The van der Waals surface area contributed by atoms with E-state index in [-0.39, 0.29) is 22.7 Å². The minimum atomic E-state index is -0.655. The van der Waals surface area contributed by atoms with E-state index >= 15 is 0 Å². The van der Waals surface area contributed by atoms with E-state index in [1.165, 1.54) is 0 Å². The highest BCUT2D eigenvalue weighted by Crippen LogP contribution is 2.43. The standard InChI is InChI=1S/C8H9NO3/c10-4-7-5-1-2-6(3-5)8(7)9(11)12/h1-2,4-8H,3H2. The molecule has 0 spiro atoms. The van der Waals surface area contributed by atoms with Gasteiger partial charge in [0, 0.05) is 10.8 Å². The van der Waals surface area contributed by atoms with Crippen LogP contribution < -0.4 is 0 Å². The molecule has 1 fully saturated rings. The van der Waals surface area contributed by atoms with Crippen molar-refractivity contribution >= 4 is 6.29 Å². The summed E-state index contributed by atoms with van der Waals surface area (Å²) in [5, 5.41) is 10.6. The molecule has 4 unspecified atom stereocenters. The van der Waals surface area contributed by atoms with Crippen LogP contribution in [-0.2, 0) is 4.79 Å². The molecule has 4 heteroatoms. The van der Waals surface area contributed by atoms with Crippen molar-refractivity contribution in [2.75, 3.05) is 0 Å². The van der Waals surface area contributed by atoms with Crippen LogP contribution in [0.4, 0.5) is 0 Å². The minimum absolute atomic E-state index is 0.000185. The summed E-state index contributed by atoms with van der Waals surface area (Å²) >= 11 is 0. The molecular weight excluding hydrogens is 158 g/mol. The first-order valence-electron chi connectivity index (χ1n) is 4.01. The average molecular weight is 167 g/mol. The molecule has 64 valence electrons. The zero-order valence-corrected chi connectivity index (χ0v) is 6.42. The number of carbonyl (C=O) groups is 1. The summed E-state index contributed by atoms with van der Waals surface area (Å²) in [6.45, 7) is 0. The maximum Gasteiger partial charge on any atom is 0.229 e. The molecule has 2 aliphatic carbocycles. The van der Waals surface area contributed by atoms with Gasteiger partial charge in [0.15, 0.2) is 0 Å². The van der Waals surface area contributed by atoms with Gasteiger partial charge in [0.1, 0.15) is 6.29 Å². The lowest BCUT2D eigenvalue weighted by Crippen LogP contribution is -2.33. The molecule has 1 saturated carbocycles. The van der Waals surface area contributed by atoms with Gasteiger partial charge >= 0.3 is 0 Å². The van der Waals surface area contributed by atoms with Crippen molar-refractivity contribution in [1.29, 1.82) is 0 Å². The molecule has 0 aliphatic heterocycles. The van der Waals surface area contributed by atoms with Gasteiger partial charge < -0.3 is 4.79 Å². The number of aldehydes is 1. The Morgan fingerprint density at radius 2 is 2.08 bits per heavy atom. The van der Waals surface area contributed by atoms with E-state index in [4.69, 9.17) is 0 Å². The molecule has 0 amide bonds. The second kappa shape index (κ2) is 2.40. The smallest absolute Gasteiger partial charge is 0.229 e. The highest BCUT2D eigenvalue weighted by molar-refractivity contribution is 5.57. The summed E-state index contributed by atoms with van der Waals surface area (Å²) in [5.41, 5.74) is 0. The van der Waals surface area contributed by atoms with Crippen molar-refractivity contribution < 1.29 is 9.72 Å². The zero-order chi connectivity index (χ0) is 8.72. The minimum Gasteiger partial charge on any atom is -0.303 e. The second-order valence-corrected chi connectivity index (χ2v) is 3.44. The Morgan fingerprint density at radius 1 is 1.42 bits per heavy atom. The molecule has 2 bridgehead atoms. The van der Waals surface area contributed by atoms with Gasteiger partial charge in [-0.05, 0) is 12.3 Å². The number of nitro groups is 1. The Labute approximate surface area is 69.4 Å². The zero-order valence-electron chi connectivity index (χ0n) is 6.42. The Morgan fingerprint density at radius 3 is 2.58 bits per heavy atom. The third-order valence-corrected chi connectivity index (χ3v) is 2.88. The van der Waals surface area contributed by atoms with Gasteiger partial charge in [-0.25, -0.2) is 0 Å². The summed E-state index contributed by atoms with van der Waals surface area (Å²) in [6, 6.07) is -0.655. The third-order valence-electron chi connectivity index (χ3n) is 2.88. The highest BCUT2D eigenvalue weighted by Gasteiger charge is 2.51. The summed E-state index contributed by atoms with van der Waals surface area (Å²) in [7, 11) is 0. The van der Waals surface area contributed by atoms with Gasteiger partial charge in [0.2, 0.25) is 6.04 Å². The van der Waals surface area contributed by atoms with Crippen molar-refractivity contribution in [2.45, 2.75) is 12.5 Å². The van der Waals surface area contributed by atoms with Crippen LogP contribution in [0.3, 0.4) is 0 Å². The Balaban J connectivity index is 2.28. The number of hydrogen-bond donors (Lipinski definition) is 0. The first kappa shape index (κ1) is 7.46. The van der Waals surface area contributed by atoms with Crippen LogP contribution >= 0.6 is 0 Å². The molecule has 0 heterocycles. The lowest BCUT2D eigenvalue weighted by molar-refractivity contribution is -0.532. The fourth-order valence-electron chi connectivity index (χ4n) is 2.31. The van der Waals surface area contributed by atoms with E-state index < -0.39 is 6.04 Å². The van der Waals surface area contributed by atoms with E-state index in [2.05, 4.69) is 0 Å². The lowest BCUT2D eigenvalue weighted by Gasteiger charge is -2.15. The van der Waals surface area contributed by atoms with Gasteiger partial charge in [0.05, 0.1) is 5.92 Å². The van der Waals surface area contributed by atoms with Gasteiger partial charge in [-0.3, -0.25) is 10.1 Å². The third kappa shape index (κ3) is 0.807. The van der Waals surface area contributed by atoms with Crippen LogP contribution in [0.2, 0.25) is 0 Å². The molecule has 2 rings (SSSR count). The lowest BCUT2D eigenvalue weighted by atomic mass is 9.91. The molecule has 4 atom stereocenters. The fraction of sp³-hybridized carbons (Fsp3) is 0.625. The molecule has 2 aliphatic rings. The van der Waals surface area contributed by atoms with E-state index in [0.717, 1.165) is 12.7 Å². The van der Waals surface area contributed by atoms with Crippen molar-refractivity contribution in [2.24, 2.45) is 17.8 Å². The molecule has 12 heavy (non-hydrogen) atoms. The normalized spacial score (nSPS) is 43.3. The Kier molecular flexibility index (Phi) is 1.49. The van der Waals surface area contributed by atoms with Crippen molar-refractivity contribution in [3.63, 3.8) is 0 Å². The van der Waals surface area contributed by atoms with Crippen LogP contribution in [0.1, 0.15) is 6.42 Å². The maximum atomic E-state index is 10.6. The molecule has 0 aromatic carbocycles. The molecule has 4 nitrogen and oxygen atoms in total. The Bertz CT molecular complexity index is 261. The number of allylic oxidation sites excluding steroid dienone is 1. The predicted molar refractivity (Wildman–Crippen MR) is 41.1 cm³/mol. The average Bonchev–Trinajstić information content (AvgIpc) is 2.60. The molecule has 0 N–H and O–H groups in total. The molecule has 0 aromatic rings. The van der Waals surface area contributed by atoms with E-state index in [9.17, 15) is 14.9 Å². The highest BCUT2D eigenvalue weighted by atomic mass is 16.6. The predicted octanol–water partition coefficient (Wildman–Crippen LogP) is 0.653. The van der Waals surface area contributed by atoms with E-state index in [0.29, 0.717) is 0 Å². The Hall–Kier alpha value is -1.19. The maximum absolute atomic E-state index is 10.6. The summed E-state index contributed by atoms with van der Waals surface area (Å²) in [4.78, 5) is 20.8. The second-order valence-electron chi connectivity index (χ2n) is 3.44. The monoisotopic (exact) mass is 167 g/mol. The first-order valence-corrected chi connectivity index (χ1v) is 4.01. The number of fused-ring (bicyclic) bond motifs is 2.